The average molecular weight is 923 g/mol. The highest BCUT2D eigenvalue weighted by atomic mass is 16.5. The lowest BCUT2D eigenvalue weighted by molar-refractivity contribution is 0.103. The zero-order valence-corrected chi connectivity index (χ0v) is 37.8. The number of benzene rings is 10. The highest BCUT2D eigenvalue weighted by molar-refractivity contribution is 6.15. The minimum atomic E-state index is -0.146. The number of carbonyl (C=O) groups is 2. The highest BCUT2D eigenvalue weighted by Gasteiger charge is 2.21. The van der Waals surface area contributed by atoms with Gasteiger partial charge in [-0.1, -0.05) is 36.4 Å². The molecule has 70 heavy (non-hydrogen) atoms. The second kappa shape index (κ2) is 19.4. The summed E-state index contributed by atoms with van der Waals surface area (Å²) in [5.74, 6) is 6.04. The minimum Gasteiger partial charge on any atom is -0.508 e. The molecule has 10 rings (SSSR count). The summed E-state index contributed by atoms with van der Waals surface area (Å²) in [5, 5.41) is 22.4. The first kappa shape index (κ1) is 44.3. The fourth-order valence-corrected chi connectivity index (χ4v) is 8.16. The summed E-state index contributed by atoms with van der Waals surface area (Å²) >= 11 is 0. The van der Waals surface area contributed by atoms with E-state index in [1.165, 1.54) is 0 Å². The molecule has 0 unspecified atom stereocenters. The lowest BCUT2D eigenvalue weighted by atomic mass is 9.90. The van der Waals surface area contributed by atoms with E-state index in [0.29, 0.717) is 79.7 Å². The van der Waals surface area contributed by atoms with Crippen LogP contribution in [0.5, 0.6) is 69.0 Å². The van der Waals surface area contributed by atoms with Gasteiger partial charge in [-0.15, -0.1) is 0 Å². The fraction of sp³-hybridized carbons (Fsp3) is 0.0333. The van der Waals surface area contributed by atoms with E-state index in [1.54, 1.807) is 160 Å². The van der Waals surface area contributed by atoms with Gasteiger partial charge >= 0.3 is 0 Å². The third-order valence-corrected chi connectivity index (χ3v) is 11.7. The zero-order chi connectivity index (χ0) is 48.1. The zero-order valence-electron chi connectivity index (χ0n) is 37.8. The molecule has 0 fully saturated rings. The van der Waals surface area contributed by atoms with E-state index >= 15 is 0 Å². The van der Waals surface area contributed by atoms with Crippen LogP contribution in [0.2, 0.25) is 0 Å². The van der Waals surface area contributed by atoms with E-state index in [-0.39, 0.29) is 23.1 Å². The maximum Gasteiger partial charge on any atom is 0.193 e. The molecular weight excluding hydrogens is 881 g/mol. The Labute approximate surface area is 402 Å². The van der Waals surface area contributed by atoms with Crippen LogP contribution in [0.1, 0.15) is 31.8 Å². The number of ketones is 2. The monoisotopic (exact) mass is 922 g/mol. The minimum absolute atomic E-state index is 0.146. The van der Waals surface area contributed by atoms with Crippen LogP contribution in [-0.2, 0) is 0 Å². The molecule has 0 amide bonds. The summed E-state index contributed by atoms with van der Waals surface area (Å²) in [6, 6.07) is 60.2. The molecule has 10 heteroatoms. The molecule has 342 valence electrons. The van der Waals surface area contributed by atoms with Gasteiger partial charge in [-0.25, -0.2) is 0 Å². The molecule has 0 aliphatic rings. The largest absolute Gasteiger partial charge is 0.508 e. The first-order chi connectivity index (χ1) is 34.2. The SMILES string of the molecule is COc1ccc2cc(C(=O)c3ccc(Oc4ccc(Oc5ccc(O)cc5)cc4)cc3)ccc2c1-c1c(OC)ccc2cc(C(=O)c3ccc(Oc4ccc(Oc5ccc(O)cc5)cc4)cc3)ccc12. The molecule has 0 saturated heterocycles. The highest BCUT2D eigenvalue weighted by Crippen LogP contribution is 2.46. The molecule has 0 atom stereocenters. The standard InChI is InChI=1S/C60H42O10/c1-65-55-33-9-39-35-41(59(63)37-3-15-45(16-4-37)67-49-23-27-51(28-24-49)69-47-19-11-43(61)12-20-47)7-31-53(39)57(55)58-54-32-8-42(36-40(54)10-34-56(58)66-2)60(64)38-5-17-46(18-6-38)68-50-25-29-52(30-26-50)70-48-21-13-44(62)14-22-48/h3-36,61-62H,1-2H3. The van der Waals surface area contributed by atoms with Crippen molar-refractivity contribution in [2.45, 2.75) is 0 Å². The van der Waals surface area contributed by atoms with E-state index in [9.17, 15) is 19.8 Å². The van der Waals surface area contributed by atoms with Crippen LogP contribution in [0.3, 0.4) is 0 Å². The normalized spacial score (nSPS) is 10.9. The van der Waals surface area contributed by atoms with Gasteiger partial charge in [-0.3, -0.25) is 9.59 Å². The topological polar surface area (TPSA) is 130 Å². The Morgan fingerprint density at radius 1 is 0.314 bits per heavy atom. The van der Waals surface area contributed by atoms with E-state index in [0.717, 1.165) is 32.7 Å². The van der Waals surface area contributed by atoms with E-state index < -0.39 is 0 Å². The molecule has 0 aliphatic carbocycles. The second-order valence-corrected chi connectivity index (χ2v) is 16.2. The number of rotatable bonds is 15. The van der Waals surface area contributed by atoms with Gasteiger partial charge in [0.15, 0.2) is 11.6 Å². The Kier molecular flexibility index (Phi) is 12.3. The lowest BCUT2D eigenvalue weighted by Crippen LogP contribution is -2.02. The van der Waals surface area contributed by atoms with Crippen LogP contribution >= 0.6 is 0 Å². The predicted molar refractivity (Wildman–Crippen MR) is 269 cm³/mol. The third-order valence-electron chi connectivity index (χ3n) is 11.7. The molecule has 10 aromatic carbocycles. The summed E-state index contributed by atoms with van der Waals surface area (Å²) in [6.45, 7) is 0. The van der Waals surface area contributed by atoms with Gasteiger partial charge in [-0.05, 0) is 191 Å². The molecule has 10 aromatic rings. The molecule has 0 heterocycles. The van der Waals surface area contributed by atoms with Crippen molar-refractivity contribution in [3.05, 3.63) is 229 Å². The van der Waals surface area contributed by atoms with Gasteiger partial charge in [-0.2, -0.15) is 0 Å². The molecule has 0 radical (unpaired) electrons. The third kappa shape index (κ3) is 9.51. The second-order valence-electron chi connectivity index (χ2n) is 16.2. The first-order valence-corrected chi connectivity index (χ1v) is 22.2. The Balaban J connectivity index is 0.849. The summed E-state index contributed by atoms with van der Waals surface area (Å²) in [7, 11) is 3.24. The summed E-state index contributed by atoms with van der Waals surface area (Å²) in [6.07, 6.45) is 0. The van der Waals surface area contributed by atoms with Crippen LogP contribution in [-0.4, -0.2) is 36.0 Å². The number of carbonyl (C=O) groups excluding carboxylic acids is 2. The maximum atomic E-state index is 13.9. The smallest absolute Gasteiger partial charge is 0.193 e. The van der Waals surface area contributed by atoms with Crippen LogP contribution in [0.25, 0.3) is 32.7 Å². The molecule has 0 spiro atoms. The molecule has 2 N–H and O–H groups in total. The number of hydrogen-bond donors (Lipinski definition) is 2. The predicted octanol–water partition coefficient (Wildman–Crippen LogP) is 14.7. The van der Waals surface area contributed by atoms with Crippen molar-refractivity contribution in [1.29, 1.82) is 0 Å². The van der Waals surface area contributed by atoms with Crippen molar-refractivity contribution < 1.29 is 48.2 Å². The number of ether oxygens (including phenoxy) is 6. The average Bonchev–Trinajstić information content (AvgIpc) is 3.40. The Morgan fingerprint density at radius 3 is 0.857 bits per heavy atom. The molecule has 0 bridgehead atoms. The number of methoxy groups -OCH3 is 2. The summed E-state index contributed by atoms with van der Waals surface area (Å²) < 4.78 is 35.7. The van der Waals surface area contributed by atoms with Gasteiger partial charge in [0.25, 0.3) is 0 Å². The van der Waals surface area contributed by atoms with Gasteiger partial charge in [0.2, 0.25) is 0 Å². The van der Waals surface area contributed by atoms with Crippen LogP contribution < -0.4 is 28.4 Å². The van der Waals surface area contributed by atoms with Gasteiger partial charge in [0.05, 0.1) is 14.2 Å². The van der Waals surface area contributed by atoms with Crippen molar-refractivity contribution in [3.63, 3.8) is 0 Å². The van der Waals surface area contributed by atoms with E-state index in [1.807, 2.05) is 60.7 Å². The Bertz CT molecular complexity index is 3280. The molecule has 0 saturated carbocycles. The Hall–Kier alpha value is -9.54. The Morgan fingerprint density at radius 2 is 0.571 bits per heavy atom. The van der Waals surface area contributed by atoms with E-state index in [2.05, 4.69) is 0 Å². The summed E-state index contributed by atoms with van der Waals surface area (Å²) in [4.78, 5) is 27.8. The number of phenols is 2. The number of aromatic hydroxyl groups is 2. The van der Waals surface area contributed by atoms with Gasteiger partial charge in [0, 0.05) is 33.4 Å². The van der Waals surface area contributed by atoms with Crippen molar-refractivity contribution in [3.8, 4) is 80.1 Å². The van der Waals surface area contributed by atoms with Crippen molar-refractivity contribution in [2.24, 2.45) is 0 Å². The molecular formula is C60H42O10. The maximum absolute atomic E-state index is 13.9. The quantitative estimate of drug-likeness (QED) is 0.0959. The molecule has 0 aliphatic heterocycles. The van der Waals surface area contributed by atoms with Crippen molar-refractivity contribution in [2.75, 3.05) is 14.2 Å². The fourth-order valence-electron chi connectivity index (χ4n) is 8.16. The van der Waals surface area contributed by atoms with Crippen molar-refractivity contribution >= 4 is 33.1 Å². The van der Waals surface area contributed by atoms with Crippen LogP contribution in [0.15, 0.2) is 206 Å². The van der Waals surface area contributed by atoms with Crippen LogP contribution in [0.4, 0.5) is 0 Å². The number of fused-ring (bicyclic) bond motifs is 2. The van der Waals surface area contributed by atoms with Gasteiger partial charge < -0.3 is 38.6 Å². The van der Waals surface area contributed by atoms with Gasteiger partial charge in [0.1, 0.15) is 69.0 Å². The van der Waals surface area contributed by atoms with Crippen LogP contribution in [0, 0.1) is 0 Å². The first-order valence-electron chi connectivity index (χ1n) is 22.2. The van der Waals surface area contributed by atoms with Crippen molar-refractivity contribution in [1.82, 2.24) is 0 Å². The molecule has 10 nitrogen and oxygen atoms in total. The number of phenolic OH excluding ortho intramolecular Hbond substituents is 2. The van der Waals surface area contributed by atoms with E-state index in [4.69, 9.17) is 28.4 Å². The lowest BCUT2D eigenvalue weighted by Gasteiger charge is -2.18. The summed E-state index contributed by atoms with van der Waals surface area (Å²) in [5.41, 5.74) is 3.62. The number of hydrogen-bond acceptors (Lipinski definition) is 10. The molecule has 0 aromatic heterocycles.